The maximum absolute atomic E-state index is 5.76. The van der Waals surface area contributed by atoms with E-state index in [2.05, 4.69) is 64.8 Å². The van der Waals surface area contributed by atoms with Crippen LogP contribution in [0.5, 0.6) is 0 Å². The number of anilines is 1. The number of hydrogen-bond donors (Lipinski definition) is 1. The Kier molecular flexibility index (Phi) is 10.1. The zero-order chi connectivity index (χ0) is 21.9. The molecule has 1 aromatic heterocycles. The number of unbranched alkanes of at least 4 members (excludes halogenated alkanes) is 2. The molecule has 1 saturated heterocycles. The molecule has 0 spiro atoms. The van der Waals surface area contributed by atoms with E-state index >= 15 is 0 Å². The first-order valence-corrected chi connectivity index (χ1v) is 12.5. The Morgan fingerprint density at radius 1 is 1.00 bits per heavy atom. The van der Waals surface area contributed by atoms with Gasteiger partial charge in [0.1, 0.15) is 6.17 Å². The van der Waals surface area contributed by atoms with E-state index in [1.165, 1.54) is 49.7 Å². The minimum absolute atomic E-state index is 0.194. The number of ether oxygens (including phenoxy) is 1. The first kappa shape index (κ1) is 24.0. The topological polar surface area (TPSA) is 45.6 Å². The SMILES string of the molecule is CCCCN(CCCC)CCCn1nc(N(CCC)C2COCCN2)c2ccccc21. The van der Waals surface area contributed by atoms with Crippen LogP contribution in [-0.2, 0) is 11.3 Å². The number of para-hydroxylation sites is 1. The molecule has 2 aromatic rings. The number of benzene rings is 1. The Bertz CT molecular complexity index is 747. The van der Waals surface area contributed by atoms with Gasteiger partial charge < -0.3 is 14.5 Å². The Morgan fingerprint density at radius 2 is 1.74 bits per heavy atom. The monoisotopic (exact) mass is 429 g/mol. The molecule has 2 heterocycles. The van der Waals surface area contributed by atoms with Crippen molar-refractivity contribution in [1.29, 1.82) is 0 Å². The highest BCUT2D eigenvalue weighted by molar-refractivity contribution is 5.90. The van der Waals surface area contributed by atoms with E-state index in [0.717, 1.165) is 51.4 Å². The van der Waals surface area contributed by atoms with Crippen LogP contribution in [-0.4, -0.2) is 66.8 Å². The van der Waals surface area contributed by atoms with Gasteiger partial charge in [-0.05, 0) is 57.5 Å². The van der Waals surface area contributed by atoms with E-state index in [-0.39, 0.29) is 6.17 Å². The van der Waals surface area contributed by atoms with E-state index in [4.69, 9.17) is 9.84 Å². The van der Waals surface area contributed by atoms with Crippen LogP contribution in [0.3, 0.4) is 0 Å². The molecular weight excluding hydrogens is 386 g/mol. The number of morpholine rings is 1. The van der Waals surface area contributed by atoms with Gasteiger partial charge in [0.05, 0.1) is 18.7 Å². The van der Waals surface area contributed by atoms with Crippen molar-refractivity contribution >= 4 is 16.7 Å². The number of rotatable bonds is 14. The summed E-state index contributed by atoms with van der Waals surface area (Å²) in [6.45, 7) is 14.7. The number of aryl methyl sites for hydroxylation is 1. The van der Waals surface area contributed by atoms with Crippen LogP contribution in [0.2, 0.25) is 0 Å². The Labute approximate surface area is 188 Å². The fraction of sp³-hybridized carbons (Fsp3) is 0.720. The molecule has 1 aliphatic rings. The second-order valence-electron chi connectivity index (χ2n) is 8.70. The summed E-state index contributed by atoms with van der Waals surface area (Å²) in [6, 6.07) is 8.69. The third-order valence-electron chi connectivity index (χ3n) is 6.15. The Morgan fingerprint density at radius 3 is 2.42 bits per heavy atom. The summed E-state index contributed by atoms with van der Waals surface area (Å²) in [4.78, 5) is 5.05. The lowest BCUT2D eigenvalue weighted by molar-refractivity contribution is 0.0754. The molecule has 1 unspecified atom stereocenters. The van der Waals surface area contributed by atoms with Crippen LogP contribution in [0.1, 0.15) is 59.3 Å². The molecule has 0 saturated carbocycles. The highest BCUT2D eigenvalue weighted by Crippen LogP contribution is 2.28. The quantitative estimate of drug-likeness (QED) is 0.479. The van der Waals surface area contributed by atoms with Gasteiger partial charge in [0.15, 0.2) is 5.82 Å². The third-order valence-corrected chi connectivity index (χ3v) is 6.15. The lowest BCUT2D eigenvalue weighted by Gasteiger charge is -2.35. The predicted molar refractivity (Wildman–Crippen MR) is 131 cm³/mol. The molecule has 0 radical (unpaired) electrons. The first-order valence-electron chi connectivity index (χ1n) is 12.5. The Hall–Kier alpha value is -1.63. The van der Waals surface area contributed by atoms with E-state index < -0.39 is 0 Å². The van der Waals surface area contributed by atoms with Crippen LogP contribution in [0.4, 0.5) is 5.82 Å². The zero-order valence-corrected chi connectivity index (χ0v) is 20.0. The summed E-state index contributed by atoms with van der Waals surface area (Å²) in [5.41, 5.74) is 1.24. The molecule has 1 N–H and O–H groups in total. The second kappa shape index (κ2) is 13.0. The normalized spacial score (nSPS) is 17.0. The van der Waals surface area contributed by atoms with Gasteiger partial charge >= 0.3 is 0 Å². The molecule has 3 rings (SSSR count). The summed E-state index contributed by atoms with van der Waals surface area (Å²) in [5.74, 6) is 1.09. The van der Waals surface area contributed by atoms with Gasteiger partial charge in [-0.3, -0.25) is 10.00 Å². The lowest BCUT2D eigenvalue weighted by atomic mass is 10.2. The number of nitrogens with one attached hydrogen (secondary N) is 1. The summed E-state index contributed by atoms with van der Waals surface area (Å²) < 4.78 is 7.99. The molecular formula is C25H43N5O. The molecule has 1 aromatic carbocycles. The van der Waals surface area contributed by atoms with Crippen LogP contribution < -0.4 is 10.2 Å². The van der Waals surface area contributed by atoms with E-state index in [1.807, 2.05) is 0 Å². The van der Waals surface area contributed by atoms with Gasteiger partial charge in [0, 0.05) is 25.0 Å². The maximum Gasteiger partial charge on any atom is 0.159 e. The molecule has 1 fully saturated rings. The van der Waals surface area contributed by atoms with Crippen molar-refractivity contribution in [2.75, 3.05) is 50.8 Å². The van der Waals surface area contributed by atoms with Crippen molar-refractivity contribution in [1.82, 2.24) is 20.0 Å². The van der Waals surface area contributed by atoms with Crippen molar-refractivity contribution in [3.63, 3.8) is 0 Å². The van der Waals surface area contributed by atoms with Crippen LogP contribution in [0.15, 0.2) is 24.3 Å². The molecule has 174 valence electrons. The second-order valence-corrected chi connectivity index (χ2v) is 8.70. The molecule has 6 nitrogen and oxygen atoms in total. The van der Waals surface area contributed by atoms with E-state index in [9.17, 15) is 0 Å². The average molecular weight is 430 g/mol. The lowest BCUT2D eigenvalue weighted by Crippen LogP contribution is -2.53. The smallest absolute Gasteiger partial charge is 0.159 e. The Balaban J connectivity index is 1.73. The zero-order valence-electron chi connectivity index (χ0n) is 20.0. The molecule has 0 aliphatic carbocycles. The third kappa shape index (κ3) is 6.67. The van der Waals surface area contributed by atoms with Crippen molar-refractivity contribution in [3.05, 3.63) is 24.3 Å². The van der Waals surface area contributed by atoms with Crippen molar-refractivity contribution in [2.24, 2.45) is 0 Å². The summed E-state index contributed by atoms with van der Waals surface area (Å²) in [6.07, 6.45) is 7.53. The first-order chi connectivity index (χ1) is 15.3. The highest BCUT2D eigenvalue weighted by atomic mass is 16.5. The van der Waals surface area contributed by atoms with Gasteiger partial charge in [0.2, 0.25) is 0 Å². The number of fused-ring (bicyclic) bond motifs is 1. The molecule has 6 heteroatoms. The highest BCUT2D eigenvalue weighted by Gasteiger charge is 2.25. The van der Waals surface area contributed by atoms with Gasteiger partial charge in [0.25, 0.3) is 0 Å². The van der Waals surface area contributed by atoms with E-state index in [1.54, 1.807) is 0 Å². The molecule has 1 aliphatic heterocycles. The maximum atomic E-state index is 5.76. The summed E-state index contributed by atoms with van der Waals surface area (Å²) in [7, 11) is 0. The molecule has 0 bridgehead atoms. The fourth-order valence-electron chi connectivity index (χ4n) is 4.44. The number of aromatic nitrogens is 2. The molecule has 1 atom stereocenters. The number of nitrogens with zero attached hydrogens (tertiary/aromatic N) is 4. The summed E-state index contributed by atoms with van der Waals surface area (Å²) in [5, 5.41) is 10.00. The summed E-state index contributed by atoms with van der Waals surface area (Å²) >= 11 is 0. The average Bonchev–Trinajstić information content (AvgIpc) is 3.18. The molecule has 0 amide bonds. The van der Waals surface area contributed by atoms with Crippen molar-refractivity contribution in [3.8, 4) is 0 Å². The van der Waals surface area contributed by atoms with Gasteiger partial charge in [-0.15, -0.1) is 0 Å². The fourth-order valence-corrected chi connectivity index (χ4v) is 4.44. The largest absolute Gasteiger partial charge is 0.377 e. The standard InChI is InChI=1S/C25H43N5O/c1-4-7-16-28(17-8-5-2)18-11-19-30-23-13-10-9-12-22(23)25(27-30)29(15-6-3)24-21-31-20-14-26-24/h9-10,12-13,24,26H,4-8,11,14-21H2,1-3H3. The van der Waals surface area contributed by atoms with Gasteiger partial charge in [-0.1, -0.05) is 45.7 Å². The van der Waals surface area contributed by atoms with Crippen molar-refractivity contribution in [2.45, 2.75) is 72.0 Å². The van der Waals surface area contributed by atoms with Crippen LogP contribution in [0, 0.1) is 0 Å². The van der Waals surface area contributed by atoms with Gasteiger partial charge in [-0.25, -0.2) is 0 Å². The predicted octanol–water partition coefficient (Wildman–Crippen LogP) is 4.49. The minimum atomic E-state index is 0.194. The van der Waals surface area contributed by atoms with Crippen molar-refractivity contribution < 1.29 is 4.74 Å². The number of hydrogen-bond acceptors (Lipinski definition) is 5. The van der Waals surface area contributed by atoms with Crippen LogP contribution in [0.25, 0.3) is 10.9 Å². The van der Waals surface area contributed by atoms with Gasteiger partial charge in [-0.2, -0.15) is 5.10 Å². The minimum Gasteiger partial charge on any atom is -0.377 e. The van der Waals surface area contributed by atoms with E-state index in [0.29, 0.717) is 6.61 Å². The van der Waals surface area contributed by atoms with Crippen LogP contribution >= 0.6 is 0 Å². The molecule has 31 heavy (non-hydrogen) atoms.